The molecule has 0 saturated carbocycles. The van der Waals surface area contributed by atoms with Crippen molar-refractivity contribution in [1.82, 2.24) is 4.90 Å². The van der Waals surface area contributed by atoms with E-state index in [0.717, 1.165) is 5.56 Å². The molecule has 2 aromatic rings. The Kier molecular flexibility index (Phi) is 3.56. The van der Waals surface area contributed by atoms with E-state index in [4.69, 9.17) is 12.2 Å². The van der Waals surface area contributed by atoms with Crippen molar-refractivity contribution in [2.75, 3.05) is 5.32 Å². The zero-order valence-corrected chi connectivity index (χ0v) is 12.4. The van der Waals surface area contributed by atoms with E-state index in [-0.39, 0.29) is 17.2 Å². The van der Waals surface area contributed by atoms with E-state index in [9.17, 15) is 15.0 Å². The molecule has 6 heteroatoms. The molecule has 1 atom stereocenters. The summed E-state index contributed by atoms with van der Waals surface area (Å²) in [5, 5.41) is 23.7. The summed E-state index contributed by atoms with van der Waals surface area (Å²) in [6.45, 7) is 0.184. The van der Waals surface area contributed by atoms with Crippen LogP contribution in [0, 0.1) is 0 Å². The molecule has 0 fully saturated rings. The highest BCUT2D eigenvalue weighted by Gasteiger charge is 2.49. The highest BCUT2D eigenvalue weighted by atomic mass is 32.1. The van der Waals surface area contributed by atoms with Crippen molar-refractivity contribution in [2.24, 2.45) is 0 Å². The highest BCUT2D eigenvalue weighted by Crippen LogP contribution is 2.37. The lowest BCUT2D eigenvalue weighted by atomic mass is 9.96. The molecule has 0 radical (unpaired) electrons. The first-order valence-corrected chi connectivity index (χ1v) is 7.12. The molecule has 0 spiro atoms. The minimum atomic E-state index is -2.20. The number of rotatable bonds is 3. The predicted molar refractivity (Wildman–Crippen MR) is 86.2 cm³/mol. The molecule has 3 N–H and O–H groups in total. The third kappa shape index (κ3) is 2.22. The number of carbonyl (C=O) groups is 1. The number of nitrogens with zero attached hydrogens (tertiary/aromatic N) is 1. The molecule has 0 unspecified atom stereocenters. The van der Waals surface area contributed by atoms with Gasteiger partial charge in [0.25, 0.3) is 5.72 Å². The molecule has 0 bridgehead atoms. The summed E-state index contributed by atoms with van der Waals surface area (Å²) in [7, 11) is 0. The first-order chi connectivity index (χ1) is 10.5. The van der Waals surface area contributed by atoms with Gasteiger partial charge in [0.2, 0.25) is 0 Å². The lowest BCUT2D eigenvalue weighted by Crippen LogP contribution is -2.58. The number of anilines is 1. The molecule has 1 aliphatic rings. The van der Waals surface area contributed by atoms with Crippen LogP contribution in [0.4, 0.5) is 5.69 Å². The van der Waals surface area contributed by atoms with Crippen LogP contribution < -0.4 is 5.32 Å². The molecule has 0 aliphatic carbocycles. The fraction of sp³-hybridized carbons (Fsp3) is 0.125. The molecule has 1 heterocycles. The van der Waals surface area contributed by atoms with Gasteiger partial charge in [0.1, 0.15) is 0 Å². The summed E-state index contributed by atoms with van der Waals surface area (Å²) in [4.78, 5) is 13.1. The smallest absolute Gasteiger partial charge is 0.362 e. The van der Waals surface area contributed by atoms with Gasteiger partial charge >= 0.3 is 5.97 Å². The molecular formula is C16H14N2O3S. The van der Waals surface area contributed by atoms with Gasteiger partial charge in [-0.2, -0.15) is 0 Å². The van der Waals surface area contributed by atoms with Crippen LogP contribution in [0.15, 0.2) is 54.6 Å². The van der Waals surface area contributed by atoms with E-state index < -0.39 is 11.7 Å². The summed E-state index contributed by atoms with van der Waals surface area (Å²) in [5.74, 6) is -1.36. The number of aliphatic hydroxyl groups is 1. The van der Waals surface area contributed by atoms with Crippen LogP contribution >= 0.6 is 12.2 Å². The van der Waals surface area contributed by atoms with Gasteiger partial charge in [-0.05, 0) is 23.8 Å². The quantitative estimate of drug-likeness (QED) is 0.754. The predicted octanol–water partition coefficient (Wildman–Crippen LogP) is 2.13. The largest absolute Gasteiger partial charge is 0.477 e. The number of aliphatic carboxylic acids is 1. The monoisotopic (exact) mass is 314 g/mol. The Hall–Kier alpha value is -2.44. The number of hydrogen-bond donors (Lipinski definition) is 3. The van der Waals surface area contributed by atoms with E-state index >= 15 is 0 Å². The van der Waals surface area contributed by atoms with Crippen LogP contribution in [0.2, 0.25) is 0 Å². The Morgan fingerprint density at radius 1 is 1.14 bits per heavy atom. The Labute approximate surface area is 132 Å². The average Bonchev–Trinajstić information content (AvgIpc) is 2.52. The Morgan fingerprint density at radius 2 is 1.77 bits per heavy atom. The number of carboxylic acids is 1. The summed E-state index contributed by atoms with van der Waals surface area (Å²) in [6.07, 6.45) is 0. The molecule has 0 saturated heterocycles. The minimum absolute atomic E-state index is 0.174. The zero-order chi connectivity index (χ0) is 15.7. The fourth-order valence-electron chi connectivity index (χ4n) is 2.55. The van der Waals surface area contributed by atoms with Crippen LogP contribution in [0.3, 0.4) is 0 Å². The average molecular weight is 314 g/mol. The van der Waals surface area contributed by atoms with Gasteiger partial charge < -0.3 is 20.4 Å². The first kappa shape index (κ1) is 14.5. The Balaban J connectivity index is 2.09. The van der Waals surface area contributed by atoms with Gasteiger partial charge in [0.15, 0.2) is 5.11 Å². The SMILES string of the molecule is O=C(O)[C@]1(O)c2ccccc2NC(=S)N1Cc1ccccc1. The van der Waals surface area contributed by atoms with E-state index in [1.54, 1.807) is 24.3 Å². The van der Waals surface area contributed by atoms with Crippen LogP contribution in [-0.4, -0.2) is 26.2 Å². The topological polar surface area (TPSA) is 72.8 Å². The maximum Gasteiger partial charge on any atom is 0.362 e. The second-order valence-corrected chi connectivity index (χ2v) is 5.41. The number of para-hydroxylation sites is 1. The fourth-order valence-corrected chi connectivity index (χ4v) is 2.86. The van der Waals surface area contributed by atoms with Crippen molar-refractivity contribution < 1.29 is 15.0 Å². The van der Waals surface area contributed by atoms with Gasteiger partial charge in [0, 0.05) is 17.8 Å². The maximum absolute atomic E-state index is 11.8. The normalized spacial score (nSPS) is 20.2. The molecule has 0 aromatic heterocycles. The number of carboxylic acid groups (broad SMARTS) is 1. The van der Waals surface area contributed by atoms with Crippen LogP contribution in [0.5, 0.6) is 0 Å². The standard InChI is InChI=1S/C16H14N2O3S/c19-14(20)16(21)12-8-4-5-9-13(12)17-15(22)18(16)10-11-6-2-1-3-7-11/h1-9,21H,10H2,(H,17,22)(H,19,20)/t16-/m1/s1. The number of hydrogen-bond acceptors (Lipinski definition) is 3. The van der Waals surface area contributed by atoms with E-state index in [1.807, 2.05) is 30.3 Å². The lowest BCUT2D eigenvalue weighted by molar-refractivity contribution is -0.178. The van der Waals surface area contributed by atoms with Crippen LogP contribution in [-0.2, 0) is 17.1 Å². The lowest BCUT2D eigenvalue weighted by Gasteiger charge is -2.43. The molecule has 0 amide bonds. The van der Waals surface area contributed by atoms with Gasteiger partial charge in [-0.3, -0.25) is 0 Å². The van der Waals surface area contributed by atoms with Crippen molar-refractivity contribution in [3.63, 3.8) is 0 Å². The minimum Gasteiger partial charge on any atom is -0.477 e. The molecule has 3 rings (SSSR count). The van der Waals surface area contributed by atoms with E-state index in [1.165, 1.54) is 4.90 Å². The highest BCUT2D eigenvalue weighted by molar-refractivity contribution is 7.80. The third-order valence-electron chi connectivity index (χ3n) is 3.66. The van der Waals surface area contributed by atoms with Crippen molar-refractivity contribution in [3.8, 4) is 0 Å². The van der Waals surface area contributed by atoms with Gasteiger partial charge in [0.05, 0.1) is 0 Å². The Bertz CT molecular complexity index is 735. The molecule has 2 aromatic carbocycles. The number of thiocarbonyl (C=S) groups is 1. The van der Waals surface area contributed by atoms with E-state index in [2.05, 4.69) is 5.32 Å². The third-order valence-corrected chi connectivity index (χ3v) is 3.98. The number of fused-ring (bicyclic) bond motifs is 1. The number of benzene rings is 2. The second-order valence-electron chi connectivity index (χ2n) is 5.02. The van der Waals surface area contributed by atoms with Gasteiger partial charge in [-0.15, -0.1) is 0 Å². The molecule has 22 heavy (non-hydrogen) atoms. The van der Waals surface area contributed by atoms with Crippen LogP contribution in [0.25, 0.3) is 0 Å². The van der Waals surface area contributed by atoms with Crippen molar-refractivity contribution in [3.05, 3.63) is 65.7 Å². The van der Waals surface area contributed by atoms with Crippen LogP contribution in [0.1, 0.15) is 11.1 Å². The Morgan fingerprint density at radius 3 is 2.45 bits per heavy atom. The van der Waals surface area contributed by atoms with Crippen molar-refractivity contribution in [1.29, 1.82) is 0 Å². The summed E-state index contributed by atoms with van der Waals surface area (Å²) < 4.78 is 0. The second kappa shape index (κ2) is 5.40. The van der Waals surface area contributed by atoms with Gasteiger partial charge in [-0.25, -0.2) is 4.79 Å². The summed E-state index contributed by atoms with van der Waals surface area (Å²) in [6, 6.07) is 16.0. The van der Waals surface area contributed by atoms with E-state index in [0.29, 0.717) is 5.69 Å². The first-order valence-electron chi connectivity index (χ1n) is 6.71. The maximum atomic E-state index is 11.8. The zero-order valence-electron chi connectivity index (χ0n) is 11.6. The summed E-state index contributed by atoms with van der Waals surface area (Å²) in [5.41, 5.74) is -0.575. The van der Waals surface area contributed by atoms with Crippen molar-refractivity contribution >= 4 is 29.0 Å². The summed E-state index contributed by atoms with van der Waals surface area (Å²) >= 11 is 5.26. The van der Waals surface area contributed by atoms with Crippen molar-refractivity contribution in [2.45, 2.75) is 12.3 Å². The molecule has 112 valence electrons. The molecule has 5 nitrogen and oxygen atoms in total. The molecule has 1 aliphatic heterocycles. The van der Waals surface area contributed by atoms with Gasteiger partial charge in [-0.1, -0.05) is 48.5 Å². The number of nitrogens with one attached hydrogen (secondary N) is 1. The molecular weight excluding hydrogens is 300 g/mol.